The van der Waals surface area contributed by atoms with E-state index in [1.165, 1.54) is 6.20 Å². The maximum absolute atomic E-state index is 13.5. The predicted octanol–water partition coefficient (Wildman–Crippen LogP) is 1.60. The topological polar surface area (TPSA) is 86.9 Å². The number of halogens is 2. The van der Waals surface area contributed by atoms with E-state index in [1.807, 2.05) is 11.6 Å². The lowest BCUT2D eigenvalue weighted by atomic mass is 10.3. The van der Waals surface area contributed by atoms with Crippen LogP contribution in [-0.4, -0.2) is 25.2 Å². The monoisotopic (exact) mass is 316 g/mol. The number of anilines is 1. The summed E-state index contributed by atoms with van der Waals surface area (Å²) in [6.07, 6.45) is 1.36. The molecule has 0 aliphatic rings. The predicted molar refractivity (Wildman–Crippen MR) is 73.1 cm³/mol. The first-order valence-corrected chi connectivity index (χ1v) is 7.63. The van der Waals surface area contributed by atoms with E-state index in [0.29, 0.717) is 12.1 Å². The Labute approximate surface area is 120 Å². The van der Waals surface area contributed by atoms with Gasteiger partial charge in [-0.15, -0.1) is 0 Å². The molecule has 0 fully saturated rings. The summed E-state index contributed by atoms with van der Waals surface area (Å²) in [4.78, 5) is 0. The molecule has 2 aromatic rings. The van der Waals surface area contributed by atoms with Crippen molar-refractivity contribution in [3.63, 3.8) is 0 Å². The van der Waals surface area contributed by atoms with Crippen molar-refractivity contribution in [2.45, 2.75) is 18.5 Å². The van der Waals surface area contributed by atoms with Crippen LogP contribution in [0.5, 0.6) is 0 Å². The van der Waals surface area contributed by atoms with E-state index in [4.69, 9.17) is 0 Å². The normalized spacial score (nSPS) is 11.6. The molecule has 21 heavy (non-hydrogen) atoms. The average Bonchev–Trinajstić information content (AvgIpc) is 2.89. The zero-order valence-electron chi connectivity index (χ0n) is 11.2. The lowest BCUT2D eigenvalue weighted by molar-refractivity contribution is 0.589. The molecular formula is C12H14F2N4O2S. The van der Waals surface area contributed by atoms with Crippen LogP contribution < -0.4 is 10.0 Å². The molecule has 114 valence electrons. The van der Waals surface area contributed by atoms with Crippen molar-refractivity contribution in [1.29, 1.82) is 0 Å². The van der Waals surface area contributed by atoms with Crippen LogP contribution in [-0.2, 0) is 16.6 Å². The Kier molecular flexibility index (Phi) is 4.53. The number of H-pyrrole nitrogens is 1. The second-order valence-electron chi connectivity index (χ2n) is 4.23. The molecule has 0 spiro atoms. The van der Waals surface area contributed by atoms with Crippen molar-refractivity contribution < 1.29 is 17.2 Å². The molecule has 0 amide bonds. The largest absolute Gasteiger partial charge is 0.313 e. The summed E-state index contributed by atoms with van der Waals surface area (Å²) in [5.41, 5.74) is -0.0554. The van der Waals surface area contributed by atoms with Gasteiger partial charge < -0.3 is 5.32 Å². The number of nitrogens with one attached hydrogen (secondary N) is 3. The molecule has 0 radical (unpaired) electrons. The minimum atomic E-state index is -4.09. The first-order valence-electron chi connectivity index (χ1n) is 6.15. The van der Waals surface area contributed by atoms with Crippen molar-refractivity contribution >= 4 is 15.7 Å². The number of aromatic amines is 1. The van der Waals surface area contributed by atoms with E-state index in [-0.39, 0.29) is 11.6 Å². The van der Waals surface area contributed by atoms with Crippen LogP contribution in [0.4, 0.5) is 14.5 Å². The fourth-order valence-electron chi connectivity index (χ4n) is 1.69. The highest BCUT2D eigenvalue weighted by Crippen LogP contribution is 2.21. The van der Waals surface area contributed by atoms with Crippen molar-refractivity contribution in [2.24, 2.45) is 0 Å². The summed E-state index contributed by atoms with van der Waals surface area (Å²) in [6.45, 7) is 2.81. The Morgan fingerprint density at radius 1 is 1.33 bits per heavy atom. The first-order chi connectivity index (χ1) is 9.94. The van der Waals surface area contributed by atoms with Gasteiger partial charge >= 0.3 is 0 Å². The third-order valence-corrected chi connectivity index (χ3v) is 4.06. The first kappa shape index (κ1) is 15.4. The Morgan fingerprint density at radius 3 is 2.81 bits per heavy atom. The zero-order chi connectivity index (χ0) is 15.5. The van der Waals surface area contributed by atoms with Gasteiger partial charge in [0.05, 0.1) is 11.9 Å². The Bertz CT molecular complexity index is 731. The summed E-state index contributed by atoms with van der Waals surface area (Å²) < 4.78 is 53.0. The van der Waals surface area contributed by atoms with Gasteiger partial charge in [-0.2, -0.15) is 13.5 Å². The maximum Gasteiger partial charge on any atom is 0.279 e. The minimum absolute atomic E-state index is 0.188. The van der Waals surface area contributed by atoms with Gasteiger partial charge in [0.2, 0.25) is 0 Å². The fourth-order valence-corrected chi connectivity index (χ4v) is 2.88. The van der Waals surface area contributed by atoms with Gasteiger partial charge in [0.15, 0.2) is 5.03 Å². The molecule has 0 aliphatic carbocycles. The number of hydrogen-bond donors (Lipinski definition) is 3. The van der Waals surface area contributed by atoms with E-state index in [9.17, 15) is 17.2 Å². The van der Waals surface area contributed by atoms with Gasteiger partial charge in [-0.1, -0.05) is 6.92 Å². The average molecular weight is 316 g/mol. The molecule has 2 rings (SSSR count). The molecular weight excluding hydrogens is 302 g/mol. The van der Waals surface area contributed by atoms with E-state index < -0.39 is 27.3 Å². The van der Waals surface area contributed by atoms with Gasteiger partial charge in [-0.05, 0) is 18.7 Å². The van der Waals surface area contributed by atoms with Crippen LogP contribution in [0.2, 0.25) is 0 Å². The number of nitrogens with zero attached hydrogens (tertiary/aromatic N) is 1. The number of rotatable bonds is 6. The molecule has 1 aromatic heterocycles. The summed E-state index contributed by atoms with van der Waals surface area (Å²) in [7, 11) is -4.09. The minimum Gasteiger partial charge on any atom is -0.313 e. The number of hydrogen-bond acceptors (Lipinski definition) is 4. The van der Waals surface area contributed by atoms with E-state index in [0.717, 1.165) is 18.2 Å². The number of benzene rings is 1. The van der Waals surface area contributed by atoms with E-state index >= 15 is 0 Å². The van der Waals surface area contributed by atoms with Crippen LogP contribution >= 0.6 is 0 Å². The van der Waals surface area contributed by atoms with Crippen LogP contribution in [0.3, 0.4) is 0 Å². The highest BCUT2D eigenvalue weighted by atomic mass is 32.2. The van der Waals surface area contributed by atoms with Gasteiger partial charge in [0.1, 0.15) is 11.6 Å². The van der Waals surface area contributed by atoms with Crippen molar-refractivity contribution in [1.82, 2.24) is 15.5 Å². The molecule has 1 heterocycles. The van der Waals surface area contributed by atoms with Gasteiger partial charge in [-0.3, -0.25) is 9.82 Å². The summed E-state index contributed by atoms with van der Waals surface area (Å²) in [5.74, 6) is -1.61. The summed E-state index contributed by atoms with van der Waals surface area (Å²) >= 11 is 0. The van der Waals surface area contributed by atoms with Gasteiger partial charge in [-0.25, -0.2) is 8.78 Å². The Hall–Kier alpha value is -2.00. The third kappa shape index (κ3) is 3.56. The molecule has 0 bridgehead atoms. The number of aromatic nitrogens is 2. The smallest absolute Gasteiger partial charge is 0.279 e. The Balaban J connectivity index is 2.30. The molecule has 0 atom stereocenters. The van der Waals surface area contributed by atoms with Crippen molar-refractivity contribution in [3.8, 4) is 0 Å². The third-order valence-electron chi connectivity index (χ3n) is 2.69. The summed E-state index contributed by atoms with van der Waals surface area (Å²) in [5, 5.41) is 8.80. The number of sulfonamides is 1. The standard InChI is InChI=1S/C12H14F2N4O2S/c1-2-15-6-8-7-16-17-12(8)21(19,20)18-11-5-9(13)3-4-10(11)14/h3-5,7,15,18H,2,6H2,1H3,(H,16,17). The molecule has 1 aromatic carbocycles. The quantitative estimate of drug-likeness (QED) is 0.755. The lowest BCUT2D eigenvalue weighted by Gasteiger charge is -2.09. The molecule has 0 unspecified atom stereocenters. The molecule has 9 heteroatoms. The SMILES string of the molecule is CCNCc1cn[nH]c1S(=O)(=O)Nc1cc(F)ccc1F. The van der Waals surface area contributed by atoms with E-state index in [1.54, 1.807) is 0 Å². The maximum atomic E-state index is 13.5. The summed E-state index contributed by atoms with van der Waals surface area (Å²) in [6, 6.07) is 2.52. The van der Waals surface area contributed by atoms with Crippen LogP contribution in [0.15, 0.2) is 29.4 Å². The molecule has 0 saturated carbocycles. The van der Waals surface area contributed by atoms with Crippen LogP contribution in [0.25, 0.3) is 0 Å². The highest BCUT2D eigenvalue weighted by molar-refractivity contribution is 7.92. The highest BCUT2D eigenvalue weighted by Gasteiger charge is 2.22. The van der Waals surface area contributed by atoms with Crippen LogP contribution in [0, 0.1) is 11.6 Å². The molecule has 3 N–H and O–H groups in total. The second kappa shape index (κ2) is 6.19. The molecule has 0 aliphatic heterocycles. The van der Waals surface area contributed by atoms with Gasteiger partial charge in [0.25, 0.3) is 10.0 Å². The van der Waals surface area contributed by atoms with Gasteiger partial charge in [0, 0.05) is 18.2 Å². The molecule has 0 saturated heterocycles. The lowest BCUT2D eigenvalue weighted by Crippen LogP contribution is -2.19. The fraction of sp³-hybridized carbons (Fsp3) is 0.250. The van der Waals surface area contributed by atoms with Crippen molar-refractivity contribution in [3.05, 3.63) is 41.6 Å². The molecule has 6 nitrogen and oxygen atoms in total. The zero-order valence-corrected chi connectivity index (χ0v) is 12.0. The Morgan fingerprint density at radius 2 is 2.10 bits per heavy atom. The van der Waals surface area contributed by atoms with Crippen LogP contribution in [0.1, 0.15) is 12.5 Å². The van der Waals surface area contributed by atoms with E-state index in [2.05, 4.69) is 15.5 Å². The second-order valence-corrected chi connectivity index (χ2v) is 5.85. The van der Waals surface area contributed by atoms with Crippen molar-refractivity contribution in [2.75, 3.05) is 11.3 Å².